The Labute approximate surface area is 168 Å². The van der Waals surface area contributed by atoms with Crippen LogP contribution in [0.2, 0.25) is 0 Å². The van der Waals surface area contributed by atoms with Crippen LogP contribution in [0.5, 0.6) is 0 Å². The first-order chi connectivity index (χ1) is 12.9. The Morgan fingerprint density at radius 1 is 1.04 bits per heavy atom. The van der Waals surface area contributed by atoms with E-state index in [-0.39, 0.29) is 17.9 Å². The summed E-state index contributed by atoms with van der Waals surface area (Å²) in [6.45, 7) is 3.89. The molecule has 5 heteroatoms. The molecule has 27 heavy (non-hydrogen) atoms. The molecule has 2 amide bonds. The maximum Gasteiger partial charge on any atom is 0.235 e. The van der Waals surface area contributed by atoms with Gasteiger partial charge in [0.2, 0.25) is 11.8 Å². The van der Waals surface area contributed by atoms with Crippen LogP contribution in [-0.2, 0) is 21.4 Å². The number of hydrogen-bond acceptors (Lipinski definition) is 2. The van der Waals surface area contributed by atoms with Crippen molar-refractivity contribution >= 4 is 33.4 Å². The highest BCUT2D eigenvalue weighted by molar-refractivity contribution is 9.10. The molecule has 1 aliphatic rings. The van der Waals surface area contributed by atoms with Gasteiger partial charge in [0.1, 0.15) is 0 Å². The van der Waals surface area contributed by atoms with Crippen molar-refractivity contribution in [3.05, 3.63) is 64.1 Å². The average molecular weight is 429 g/mol. The van der Waals surface area contributed by atoms with Gasteiger partial charge in [-0.3, -0.25) is 9.59 Å². The fourth-order valence-electron chi connectivity index (χ4n) is 3.46. The Hall–Kier alpha value is -2.14. The van der Waals surface area contributed by atoms with Crippen LogP contribution in [0.1, 0.15) is 44.2 Å². The predicted octanol–water partition coefficient (Wildman–Crippen LogP) is 4.58. The van der Waals surface area contributed by atoms with E-state index in [0.29, 0.717) is 6.42 Å². The van der Waals surface area contributed by atoms with Crippen molar-refractivity contribution in [2.75, 3.05) is 5.32 Å². The lowest BCUT2D eigenvalue weighted by Gasteiger charge is -2.40. The van der Waals surface area contributed by atoms with Gasteiger partial charge in [-0.15, -0.1) is 0 Å². The molecule has 0 saturated heterocycles. The van der Waals surface area contributed by atoms with E-state index in [0.717, 1.165) is 40.5 Å². The molecule has 0 unspecified atom stereocenters. The van der Waals surface area contributed by atoms with E-state index in [2.05, 4.69) is 26.6 Å². The first-order valence-corrected chi connectivity index (χ1v) is 10.1. The zero-order valence-corrected chi connectivity index (χ0v) is 17.3. The highest BCUT2D eigenvalue weighted by Crippen LogP contribution is 2.44. The summed E-state index contributed by atoms with van der Waals surface area (Å²) in [5.41, 5.74) is 2.32. The van der Waals surface area contributed by atoms with Crippen LogP contribution < -0.4 is 10.6 Å². The van der Waals surface area contributed by atoms with Crippen LogP contribution in [0, 0.1) is 0 Å². The van der Waals surface area contributed by atoms with Crippen molar-refractivity contribution in [3.8, 4) is 0 Å². The van der Waals surface area contributed by atoms with E-state index in [1.165, 1.54) is 0 Å². The van der Waals surface area contributed by atoms with Gasteiger partial charge in [-0.05, 0) is 62.1 Å². The minimum Gasteiger partial charge on any atom is -0.354 e. The van der Waals surface area contributed by atoms with Gasteiger partial charge in [0, 0.05) is 16.2 Å². The Balaban J connectivity index is 1.66. The van der Waals surface area contributed by atoms with E-state index in [4.69, 9.17) is 0 Å². The number of halogens is 1. The lowest BCUT2D eigenvalue weighted by Crippen LogP contribution is -2.46. The summed E-state index contributed by atoms with van der Waals surface area (Å²) in [6.07, 6.45) is 3.14. The van der Waals surface area contributed by atoms with Gasteiger partial charge >= 0.3 is 0 Å². The van der Waals surface area contributed by atoms with Gasteiger partial charge in [0.15, 0.2) is 0 Å². The zero-order chi connectivity index (χ0) is 19.4. The molecule has 142 valence electrons. The Morgan fingerprint density at radius 3 is 2.19 bits per heavy atom. The highest BCUT2D eigenvalue weighted by Gasteiger charge is 2.45. The molecule has 0 atom stereocenters. The minimum absolute atomic E-state index is 0.00504. The third kappa shape index (κ3) is 4.59. The highest BCUT2D eigenvalue weighted by atomic mass is 79.9. The van der Waals surface area contributed by atoms with Crippen molar-refractivity contribution in [1.82, 2.24) is 5.32 Å². The molecule has 0 spiro atoms. The van der Waals surface area contributed by atoms with Gasteiger partial charge in [-0.25, -0.2) is 0 Å². The number of nitrogens with one attached hydrogen (secondary N) is 2. The minimum atomic E-state index is -0.434. The molecular weight excluding hydrogens is 404 g/mol. The van der Waals surface area contributed by atoms with E-state index in [1.807, 2.05) is 62.4 Å². The predicted molar refractivity (Wildman–Crippen MR) is 112 cm³/mol. The summed E-state index contributed by atoms with van der Waals surface area (Å²) < 4.78 is 1.01. The standard InChI is InChI=1S/C22H25BrN2O2/c1-15(2)24-20(26)14-16-4-10-19(11-5-16)25-21(27)22(12-3-13-22)17-6-8-18(23)9-7-17/h4-11,15H,3,12-14H2,1-2H3,(H,24,26)(H,25,27). The van der Waals surface area contributed by atoms with Gasteiger partial charge in [-0.1, -0.05) is 46.6 Å². The molecule has 0 aromatic heterocycles. The van der Waals surface area contributed by atoms with Crippen LogP contribution in [-0.4, -0.2) is 17.9 Å². The molecule has 0 aliphatic heterocycles. The molecule has 2 aromatic rings. The number of anilines is 1. The fourth-order valence-corrected chi connectivity index (χ4v) is 3.73. The molecule has 1 saturated carbocycles. The normalized spacial score (nSPS) is 15.1. The smallest absolute Gasteiger partial charge is 0.235 e. The summed E-state index contributed by atoms with van der Waals surface area (Å²) in [4.78, 5) is 24.9. The Morgan fingerprint density at radius 2 is 1.67 bits per heavy atom. The van der Waals surface area contributed by atoms with Gasteiger partial charge < -0.3 is 10.6 Å². The topological polar surface area (TPSA) is 58.2 Å². The molecule has 0 bridgehead atoms. The molecule has 1 fully saturated rings. The number of carbonyl (C=O) groups is 2. The molecule has 2 N–H and O–H groups in total. The van der Waals surface area contributed by atoms with Crippen molar-refractivity contribution in [2.24, 2.45) is 0 Å². The average Bonchev–Trinajstić information content (AvgIpc) is 2.56. The van der Waals surface area contributed by atoms with Crippen LogP contribution >= 0.6 is 15.9 Å². The first-order valence-electron chi connectivity index (χ1n) is 9.35. The van der Waals surface area contributed by atoms with Crippen LogP contribution in [0.4, 0.5) is 5.69 Å². The number of amides is 2. The third-order valence-electron chi connectivity index (χ3n) is 5.06. The van der Waals surface area contributed by atoms with E-state index >= 15 is 0 Å². The molecule has 0 heterocycles. The largest absolute Gasteiger partial charge is 0.354 e. The quantitative estimate of drug-likeness (QED) is 0.707. The van der Waals surface area contributed by atoms with Crippen molar-refractivity contribution in [2.45, 2.75) is 51.0 Å². The maximum atomic E-state index is 13.0. The van der Waals surface area contributed by atoms with E-state index < -0.39 is 5.41 Å². The SMILES string of the molecule is CC(C)NC(=O)Cc1ccc(NC(=O)C2(c3ccc(Br)cc3)CCC2)cc1. The number of benzene rings is 2. The number of rotatable bonds is 6. The first kappa shape index (κ1) is 19.6. The molecule has 1 aliphatic carbocycles. The molecule has 0 radical (unpaired) electrons. The molecular formula is C22H25BrN2O2. The van der Waals surface area contributed by atoms with E-state index in [9.17, 15) is 9.59 Å². The summed E-state index contributed by atoms with van der Waals surface area (Å²) >= 11 is 3.45. The van der Waals surface area contributed by atoms with E-state index in [1.54, 1.807) is 0 Å². The van der Waals surface area contributed by atoms with Crippen LogP contribution in [0.3, 0.4) is 0 Å². The Bertz CT molecular complexity index is 809. The van der Waals surface area contributed by atoms with Crippen molar-refractivity contribution in [3.63, 3.8) is 0 Å². The van der Waals surface area contributed by atoms with Gasteiger partial charge in [0.25, 0.3) is 0 Å². The van der Waals surface area contributed by atoms with Gasteiger partial charge in [0.05, 0.1) is 11.8 Å². The second kappa shape index (κ2) is 8.26. The summed E-state index contributed by atoms with van der Waals surface area (Å²) in [6, 6.07) is 15.7. The zero-order valence-electron chi connectivity index (χ0n) is 15.7. The third-order valence-corrected chi connectivity index (χ3v) is 5.59. The second-order valence-electron chi connectivity index (χ2n) is 7.49. The number of carbonyl (C=O) groups excluding carboxylic acids is 2. The van der Waals surface area contributed by atoms with Crippen LogP contribution in [0.15, 0.2) is 53.0 Å². The molecule has 3 rings (SSSR count). The fraction of sp³-hybridized carbons (Fsp3) is 0.364. The molecule has 4 nitrogen and oxygen atoms in total. The van der Waals surface area contributed by atoms with Crippen LogP contribution in [0.25, 0.3) is 0 Å². The second-order valence-corrected chi connectivity index (χ2v) is 8.41. The lowest BCUT2D eigenvalue weighted by molar-refractivity contribution is -0.124. The monoisotopic (exact) mass is 428 g/mol. The summed E-state index contributed by atoms with van der Waals surface area (Å²) in [5.74, 6) is 0.0480. The summed E-state index contributed by atoms with van der Waals surface area (Å²) in [5, 5.41) is 5.94. The maximum absolute atomic E-state index is 13.0. The van der Waals surface area contributed by atoms with Crippen molar-refractivity contribution in [1.29, 1.82) is 0 Å². The number of hydrogen-bond donors (Lipinski definition) is 2. The summed E-state index contributed by atoms with van der Waals surface area (Å²) in [7, 11) is 0. The lowest BCUT2D eigenvalue weighted by atomic mass is 9.64. The van der Waals surface area contributed by atoms with Gasteiger partial charge in [-0.2, -0.15) is 0 Å². The molecule has 2 aromatic carbocycles. The van der Waals surface area contributed by atoms with Crippen molar-refractivity contribution < 1.29 is 9.59 Å². The Kier molecular flexibility index (Phi) is 6.00.